The summed E-state index contributed by atoms with van der Waals surface area (Å²) >= 11 is 0. The van der Waals surface area contributed by atoms with Crippen LogP contribution in [0.2, 0.25) is 0 Å². The summed E-state index contributed by atoms with van der Waals surface area (Å²) in [5.41, 5.74) is -1.63. The van der Waals surface area contributed by atoms with E-state index in [2.05, 4.69) is 0 Å². The van der Waals surface area contributed by atoms with Crippen molar-refractivity contribution in [3.8, 4) is 0 Å². The first-order valence-electron chi connectivity index (χ1n) is 3.11. The number of rotatable bonds is 2. The van der Waals surface area contributed by atoms with Gasteiger partial charge in [0.1, 0.15) is 0 Å². The number of carbonyl (C=O) groups excluding carboxylic acids is 1. The van der Waals surface area contributed by atoms with E-state index in [1.165, 1.54) is 0 Å². The minimum atomic E-state index is -3.25. The molecular formula is C7H2F4O. The van der Waals surface area contributed by atoms with E-state index in [0.717, 1.165) is 0 Å². The Hall–Kier alpha value is -1.13. The van der Waals surface area contributed by atoms with Crippen LogP contribution in [-0.2, 0) is 4.79 Å². The van der Waals surface area contributed by atoms with Gasteiger partial charge in [0.2, 0.25) is 0 Å². The Balaban J connectivity index is 2.07. The highest BCUT2D eigenvalue weighted by atomic mass is 19.3. The van der Waals surface area contributed by atoms with Gasteiger partial charge in [-0.1, -0.05) is 0 Å². The van der Waals surface area contributed by atoms with Crippen molar-refractivity contribution in [1.29, 1.82) is 0 Å². The van der Waals surface area contributed by atoms with Gasteiger partial charge in [-0.2, -0.15) is 17.6 Å². The average molecular weight is 178 g/mol. The van der Waals surface area contributed by atoms with Crippen LogP contribution in [-0.4, -0.2) is 17.6 Å². The summed E-state index contributed by atoms with van der Waals surface area (Å²) in [6, 6.07) is 0. The molecule has 0 aromatic heterocycles. The zero-order valence-corrected chi connectivity index (χ0v) is 5.57. The van der Waals surface area contributed by atoms with Crippen molar-refractivity contribution in [2.75, 3.05) is 0 Å². The number of alkyl halides is 4. The second-order valence-corrected chi connectivity index (χ2v) is 2.69. The molecule has 5 heteroatoms. The Labute approximate surface area is 64.4 Å². The molecule has 0 aliphatic heterocycles. The fraction of sp³-hybridized carbons (Fsp3) is 0.286. The van der Waals surface area contributed by atoms with Crippen molar-refractivity contribution in [3.63, 3.8) is 0 Å². The van der Waals surface area contributed by atoms with Crippen LogP contribution in [0, 0.1) is 0 Å². The van der Waals surface area contributed by atoms with Gasteiger partial charge in [0, 0.05) is 12.2 Å². The Morgan fingerprint density at radius 1 is 1.00 bits per heavy atom. The minimum Gasteiger partial charge on any atom is -0.289 e. The first-order valence-corrected chi connectivity index (χ1v) is 3.11. The molecule has 0 N–H and O–H groups in total. The zero-order valence-electron chi connectivity index (χ0n) is 5.57. The zero-order chi connectivity index (χ0) is 9.15. The van der Waals surface area contributed by atoms with Gasteiger partial charge in [0.15, 0.2) is 5.78 Å². The average Bonchev–Trinajstić information content (AvgIpc) is 2.70. The van der Waals surface area contributed by atoms with E-state index >= 15 is 0 Å². The van der Waals surface area contributed by atoms with Crippen LogP contribution in [0.3, 0.4) is 0 Å². The highest BCUT2D eigenvalue weighted by molar-refractivity contribution is 6.17. The molecule has 2 aliphatic carbocycles. The Morgan fingerprint density at radius 3 is 1.42 bits per heavy atom. The lowest BCUT2D eigenvalue weighted by Crippen LogP contribution is -2.09. The van der Waals surface area contributed by atoms with Gasteiger partial charge in [-0.15, -0.1) is 0 Å². The van der Waals surface area contributed by atoms with Gasteiger partial charge in [0.05, 0.1) is 11.1 Å². The third-order valence-electron chi connectivity index (χ3n) is 1.69. The highest BCUT2D eigenvalue weighted by Crippen LogP contribution is 2.49. The molecule has 0 saturated carbocycles. The first-order chi connectivity index (χ1) is 5.34. The van der Waals surface area contributed by atoms with Gasteiger partial charge in [-0.25, -0.2) is 0 Å². The van der Waals surface area contributed by atoms with Crippen LogP contribution >= 0.6 is 0 Å². The third-order valence-corrected chi connectivity index (χ3v) is 1.69. The monoisotopic (exact) mass is 178 g/mol. The van der Waals surface area contributed by atoms with Crippen LogP contribution in [0.25, 0.3) is 0 Å². The molecular weight excluding hydrogens is 176 g/mol. The van der Waals surface area contributed by atoms with Crippen LogP contribution in [0.1, 0.15) is 0 Å². The molecule has 0 radical (unpaired) electrons. The summed E-state index contributed by atoms with van der Waals surface area (Å²) in [5, 5.41) is 0. The number of hydrogen-bond acceptors (Lipinski definition) is 1. The largest absolute Gasteiger partial charge is 0.296 e. The van der Waals surface area contributed by atoms with Gasteiger partial charge in [-0.05, 0) is 0 Å². The van der Waals surface area contributed by atoms with E-state index in [1.807, 2.05) is 0 Å². The SMILES string of the molecule is O=C(C1=CC1(F)F)C1=CC1(F)F. The second kappa shape index (κ2) is 1.62. The fourth-order valence-electron chi connectivity index (χ4n) is 0.869. The summed E-state index contributed by atoms with van der Waals surface area (Å²) in [7, 11) is 0. The topological polar surface area (TPSA) is 17.1 Å². The molecule has 0 amide bonds. The van der Waals surface area contributed by atoms with Crippen molar-refractivity contribution >= 4 is 5.78 Å². The molecule has 12 heavy (non-hydrogen) atoms. The molecule has 0 unspecified atom stereocenters. The van der Waals surface area contributed by atoms with Crippen LogP contribution in [0.15, 0.2) is 23.3 Å². The van der Waals surface area contributed by atoms with Crippen molar-refractivity contribution < 1.29 is 22.4 Å². The van der Waals surface area contributed by atoms with Crippen LogP contribution in [0.5, 0.6) is 0 Å². The van der Waals surface area contributed by atoms with E-state index in [-0.39, 0.29) is 0 Å². The number of hydrogen-bond donors (Lipinski definition) is 0. The lowest BCUT2D eigenvalue weighted by Gasteiger charge is -1.95. The standard InChI is InChI=1S/C7H2F4O/c8-6(9)1-3(6)5(12)4-2-7(4,10)11/h1-2H. The molecule has 0 spiro atoms. The van der Waals surface area contributed by atoms with Crippen molar-refractivity contribution in [2.45, 2.75) is 11.8 Å². The van der Waals surface area contributed by atoms with E-state index in [9.17, 15) is 22.4 Å². The van der Waals surface area contributed by atoms with Crippen LogP contribution < -0.4 is 0 Å². The summed E-state index contributed by atoms with van der Waals surface area (Å²) in [6.45, 7) is 0. The maximum atomic E-state index is 12.1. The molecule has 0 fully saturated rings. The van der Waals surface area contributed by atoms with Crippen molar-refractivity contribution in [1.82, 2.24) is 0 Å². The number of ketones is 1. The second-order valence-electron chi connectivity index (χ2n) is 2.69. The third kappa shape index (κ3) is 0.888. The summed E-state index contributed by atoms with van der Waals surface area (Å²) < 4.78 is 48.4. The molecule has 0 bridgehead atoms. The van der Waals surface area contributed by atoms with E-state index < -0.39 is 28.8 Å². The molecule has 2 aliphatic rings. The molecule has 2 rings (SSSR count). The lowest BCUT2D eigenvalue weighted by molar-refractivity contribution is -0.113. The van der Waals surface area contributed by atoms with Gasteiger partial charge in [0.25, 0.3) is 11.8 Å². The summed E-state index contributed by atoms with van der Waals surface area (Å²) in [5.74, 6) is -7.74. The molecule has 0 saturated heterocycles. The molecule has 0 aromatic carbocycles. The molecule has 1 nitrogen and oxygen atoms in total. The van der Waals surface area contributed by atoms with Gasteiger partial charge >= 0.3 is 0 Å². The fourth-order valence-corrected chi connectivity index (χ4v) is 0.869. The molecule has 0 atom stereocenters. The number of allylic oxidation sites excluding steroid dienone is 4. The summed E-state index contributed by atoms with van der Waals surface area (Å²) in [6.07, 6.45) is 0.759. The quantitative estimate of drug-likeness (QED) is 0.588. The number of carbonyl (C=O) groups is 1. The molecule has 0 aromatic rings. The highest BCUT2D eigenvalue weighted by Gasteiger charge is 2.58. The van der Waals surface area contributed by atoms with Gasteiger partial charge < -0.3 is 0 Å². The maximum Gasteiger partial charge on any atom is 0.296 e. The number of Topliss-reactive ketones (excluding diaryl/α,β-unsaturated/α-hetero) is 1. The first kappa shape index (κ1) is 7.52. The lowest BCUT2D eigenvalue weighted by atomic mass is 10.2. The van der Waals surface area contributed by atoms with Crippen molar-refractivity contribution in [3.05, 3.63) is 23.3 Å². The number of halogens is 4. The minimum absolute atomic E-state index is 0.380. The smallest absolute Gasteiger partial charge is 0.289 e. The Kier molecular flexibility index (Phi) is 1.02. The predicted octanol–water partition coefficient (Wildman–Crippen LogP) is 1.71. The molecule has 64 valence electrons. The van der Waals surface area contributed by atoms with Crippen molar-refractivity contribution in [2.24, 2.45) is 0 Å². The van der Waals surface area contributed by atoms with Gasteiger partial charge in [-0.3, -0.25) is 4.79 Å². The summed E-state index contributed by atoms with van der Waals surface area (Å²) in [4.78, 5) is 10.7. The molecule has 0 heterocycles. The Morgan fingerprint density at radius 2 is 1.25 bits per heavy atom. The van der Waals surface area contributed by atoms with Crippen LogP contribution in [0.4, 0.5) is 17.6 Å². The van der Waals surface area contributed by atoms with E-state index in [4.69, 9.17) is 0 Å². The maximum absolute atomic E-state index is 12.1. The Bertz CT molecular complexity index is 305. The normalized spacial score (nSPS) is 27.3. The van der Waals surface area contributed by atoms with E-state index in [1.54, 1.807) is 0 Å². The van der Waals surface area contributed by atoms with E-state index in [0.29, 0.717) is 12.2 Å². The predicted molar refractivity (Wildman–Crippen MR) is 31.1 cm³/mol.